The van der Waals surface area contributed by atoms with Crippen LogP contribution >= 0.6 is 0 Å². The van der Waals surface area contributed by atoms with E-state index in [0.29, 0.717) is 11.1 Å². The molecule has 0 bridgehead atoms. The summed E-state index contributed by atoms with van der Waals surface area (Å²) in [6.07, 6.45) is 7.25. The molecule has 0 atom stereocenters. The maximum absolute atomic E-state index is 13.0. The van der Waals surface area contributed by atoms with Crippen LogP contribution in [0, 0.1) is 13.8 Å². The molecular weight excluding hydrogens is 581 g/mol. The van der Waals surface area contributed by atoms with Gasteiger partial charge >= 0.3 is 20.2 Å². The van der Waals surface area contributed by atoms with Gasteiger partial charge in [-0.3, -0.25) is 0 Å². The molecule has 43 heavy (non-hydrogen) atoms. The molecule has 0 spiro atoms. The molecule has 8 heteroatoms. The van der Waals surface area contributed by atoms with E-state index in [-0.39, 0.29) is 21.3 Å². The first-order chi connectivity index (χ1) is 20.3. The Morgan fingerprint density at radius 3 is 1.23 bits per heavy atom. The van der Waals surface area contributed by atoms with Crippen molar-refractivity contribution in [2.75, 3.05) is 0 Å². The molecule has 224 valence electrons. The molecule has 4 aromatic rings. The van der Waals surface area contributed by atoms with Crippen molar-refractivity contribution in [1.29, 1.82) is 0 Å². The average molecular weight is 617 g/mol. The molecule has 4 aromatic carbocycles. The first-order valence-corrected chi connectivity index (χ1v) is 16.7. The van der Waals surface area contributed by atoms with E-state index in [4.69, 9.17) is 8.37 Å². The van der Waals surface area contributed by atoms with Crippen molar-refractivity contribution in [2.45, 2.75) is 56.7 Å². The monoisotopic (exact) mass is 616 g/mol. The predicted octanol–water partition coefficient (Wildman–Crippen LogP) is 8.23. The Morgan fingerprint density at radius 2 is 0.907 bits per heavy atom. The third-order valence-electron chi connectivity index (χ3n) is 7.17. The summed E-state index contributed by atoms with van der Waals surface area (Å²) in [5.74, 6) is 0.441. The number of benzene rings is 4. The van der Waals surface area contributed by atoms with Crippen LogP contribution in [-0.2, 0) is 25.7 Å². The molecule has 0 saturated carbocycles. The molecule has 0 aliphatic heterocycles. The van der Waals surface area contributed by atoms with Crippen LogP contribution in [0.15, 0.2) is 107 Å². The maximum Gasteiger partial charge on any atom is 0.339 e. The predicted molar refractivity (Wildman–Crippen MR) is 172 cm³/mol. The van der Waals surface area contributed by atoms with Crippen LogP contribution in [0.2, 0.25) is 0 Å². The van der Waals surface area contributed by atoms with Crippen molar-refractivity contribution < 1.29 is 25.2 Å². The van der Waals surface area contributed by atoms with Crippen molar-refractivity contribution in [3.63, 3.8) is 0 Å². The van der Waals surface area contributed by atoms with Crippen LogP contribution in [0.3, 0.4) is 0 Å². The van der Waals surface area contributed by atoms with Gasteiger partial charge in [0.2, 0.25) is 0 Å². The second-order valence-corrected chi connectivity index (χ2v) is 13.9. The van der Waals surface area contributed by atoms with Gasteiger partial charge in [-0.25, -0.2) is 0 Å². The highest BCUT2D eigenvalue weighted by Crippen LogP contribution is 2.38. The van der Waals surface area contributed by atoms with Crippen LogP contribution in [0.25, 0.3) is 12.2 Å². The lowest BCUT2D eigenvalue weighted by Crippen LogP contribution is -2.20. The van der Waals surface area contributed by atoms with E-state index >= 15 is 0 Å². The van der Waals surface area contributed by atoms with Crippen LogP contribution in [0.4, 0.5) is 0 Å². The highest BCUT2D eigenvalue weighted by molar-refractivity contribution is 7.87. The minimum atomic E-state index is -4.03. The highest BCUT2D eigenvalue weighted by atomic mass is 32.2. The zero-order chi connectivity index (χ0) is 31.4. The van der Waals surface area contributed by atoms with E-state index in [1.807, 2.05) is 78.0 Å². The van der Waals surface area contributed by atoms with Gasteiger partial charge in [0.05, 0.1) is 0 Å². The third-order valence-corrected chi connectivity index (χ3v) is 9.67. The van der Waals surface area contributed by atoms with Crippen molar-refractivity contribution >= 4 is 32.4 Å². The smallest absolute Gasteiger partial charge is 0.339 e. The standard InChI is InChI=1S/C35H36O6S2/c1-7-9-27-23-29(15-21-33(27)40-42(36,37)31-17-11-25(3)12-18-31)35(5,6)30-16-22-34(28(24-30)10-8-2)41-43(38,39)32-19-13-26(4)14-20-32/h7-24H,1-6H3. The highest BCUT2D eigenvalue weighted by Gasteiger charge is 2.27. The Morgan fingerprint density at radius 1 is 0.558 bits per heavy atom. The Balaban J connectivity index is 1.68. The summed E-state index contributed by atoms with van der Waals surface area (Å²) in [6, 6.07) is 23.8. The minimum absolute atomic E-state index is 0.0807. The van der Waals surface area contributed by atoms with E-state index in [1.165, 1.54) is 24.3 Å². The molecule has 0 fully saturated rings. The lowest BCUT2D eigenvalue weighted by molar-refractivity contribution is 0.483. The van der Waals surface area contributed by atoms with Gasteiger partial charge in [-0.1, -0.05) is 85.7 Å². The zero-order valence-electron chi connectivity index (χ0n) is 25.2. The second-order valence-electron chi connectivity index (χ2n) is 10.8. The van der Waals surface area contributed by atoms with Crippen LogP contribution in [0.5, 0.6) is 11.5 Å². The maximum atomic E-state index is 13.0. The van der Waals surface area contributed by atoms with Crippen molar-refractivity contribution in [1.82, 2.24) is 0 Å². The van der Waals surface area contributed by atoms with Crippen LogP contribution in [0.1, 0.15) is 61.1 Å². The number of allylic oxidation sites excluding steroid dienone is 2. The number of rotatable bonds is 10. The molecule has 0 amide bonds. The summed E-state index contributed by atoms with van der Waals surface area (Å²) in [4.78, 5) is 0.161. The molecule has 0 N–H and O–H groups in total. The molecule has 0 radical (unpaired) electrons. The van der Waals surface area contributed by atoms with Gasteiger partial charge in [0.15, 0.2) is 0 Å². The molecule has 0 aliphatic carbocycles. The molecule has 0 aliphatic rings. The SMILES string of the molecule is CC=Cc1cc(C(C)(C)c2ccc(OS(=O)(=O)c3ccc(C)cc3)c(C=CC)c2)ccc1OS(=O)(=O)c1ccc(C)cc1. The molecular formula is C35H36O6S2. The first kappa shape index (κ1) is 31.8. The molecule has 6 nitrogen and oxygen atoms in total. The van der Waals surface area contributed by atoms with Crippen molar-refractivity contribution in [3.8, 4) is 11.5 Å². The van der Waals surface area contributed by atoms with Gasteiger partial charge < -0.3 is 8.37 Å². The van der Waals surface area contributed by atoms with Crippen molar-refractivity contribution in [3.05, 3.63) is 130 Å². The summed E-state index contributed by atoms with van der Waals surface area (Å²) in [7, 11) is -8.06. The van der Waals surface area contributed by atoms with E-state index in [2.05, 4.69) is 0 Å². The average Bonchev–Trinajstić information content (AvgIpc) is 2.95. The summed E-state index contributed by atoms with van der Waals surface area (Å²) < 4.78 is 63.2. The Kier molecular flexibility index (Phi) is 9.32. The topological polar surface area (TPSA) is 86.7 Å². The number of hydrogen-bond donors (Lipinski definition) is 0. The van der Waals surface area contributed by atoms with Gasteiger partial charge in [-0.2, -0.15) is 16.8 Å². The summed E-state index contributed by atoms with van der Waals surface area (Å²) in [5.41, 5.74) is 4.40. The van der Waals surface area contributed by atoms with Gasteiger partial charge in [0.1, 0.15) is 21.3 Å². The van der Waals surface area contributed by atoms with E-state index in [9.17, 15) is 16.8 Å². The fourth-order valence-electron chi connectivity index (χ4n) is 4.55. The summed E-state index contributed by atoms with van der Waals surface area (Å²) in [5, 5.41) is 0. The molecule has 0 unspecified atom stereocenters. The van der Waals surface area contributed by atoms with E-state index < -0.39 is 25.7 Å². The first-order valence-electron chi connectivity index (χ1n) is 13.8. The van der Waals surface area contributed by atoms with E-state index in [0.717, 1.165) is 22.3 Å². The molecule has 0 heterocycles. The zero-order valence-corrected chi connectivity index (χ0v) is 26.8. The van der Waals surface area contributed by atoms with Gasteiger partial charge in [0.25, 0.3) is 0 Å². The normalized spacial score (nSPS) is 12.6. The Hall–Kier alpha value is -4.14. The molecule has 0 aromatic heterocycles. The van der Waals surface area contributed by atoms with Gasteiger partial charge in [-0.05, 0) is 87.4 Å². The van der Waals surface area contributed by atoms with Gasteiger partial charge in [-0.15, -0.1) is 0 Å². The fraction of sp³-hybridized carbons (Fsp3) is 0.200. The van der Waals surface area contributed by atoms with E-state index in [1.54, 1.807) is 48.6 Å². The largest absolute Gasteiger partial charge is 0.378 e. The molecule has 0 saturated heterocycles. The quantitative estimate of drug-likeness (QED) is 0.167. The lowest BCUT2D eigenvalue weighted by Gasteiger charge is -2.28. The minimum Gasteiger partial charge on any atom is -0.378 e. The van der Waals surface area contributed by atoms with Crippen molar-refractivity contribution in [2.24, 2.45) is 0 Å². The summed E-state index contributed by atoms with van der Waals surface area (Å²) >= 11 is 0. The number of hydrogen-bond acceptors (Lipinski definition) is 6. The molecule has 4 rings (SSSR count). The fourth-order valence-corrected chi connectivity index (χ4v) is 6.46. The lowest BCUT2D eigenvalue weighted by atomic mass is 9.77. The Bertz CT molecular complexity index is 1740. The number of aryl methyl sites for hydroxylation is 2. The second kappa shape index (κ2) is 12.6. The van der Waals surface area contributed by atoms with Gasteiger partial charge in [0, 0.05) is 16.5 Å². The Labute approximate surface area is 255 Å². The van der Waals surface area contributed by atoms with Crippen LogP contribution in [-0.4, -0.2) is 16.8 Å². The van der Waals surface area contributed by atoms with Crippen LogP contribution < -0.4 is 8.37 Å². The summed E-state index contributed by atoms with van der Waals surface area (Å²) in [6.45, 7) is 11.6. The third kappa shape index (κ3) is 7.27.